The third kappa shape index (κ3) is 3.79. The van der Waals surface area contributed by atoms with Gasteiger partial charge in [-0.25, -0.2) is 0 Å². The van der Waals surface area contributed by atoms with Crippen molar-refractivity contribution in [3.63, 3.8) is 0 Å². The number of aromatic nitrogens is 2. The zero-order valence-corrected chi connectivity index (χ0v) is 13.7. The molecule has 1 aromatic heterocycles. The molecule has 0 N–H and O–H groups in total. The number of hydrogen-bond acceptors (Lipinski definition) is 3. The number of nitrogens with zero attached hydrogens (tertiary/aromatic N) is 2. The second kappa shape index (κ2) is 7.83. The van der Waals surface area contributed by atoms with E-state index in [9.17, 15) is 4.79 Å². The van der Waals surface area contributed by atoms with Gasteiger partial charge in [0, 0.05) is 23.2 Å². The molecule has 3 heteroatoms. The molecule has 1 heterocycles. The van der Waals surface area contributed by atoms with Crippen molar-refractivity contribution in [2.45, 2.75) is 46.5 Å². The Balaban J connectivity index is 2.33. The van der Waals surface area contributed by atoms with Gasteiger partial charge >= 0.3 is 0 Å². The average Bonchev–Trinajstić information content (AvgIpc) is 2.55. The van der Waals surface area contributed by atoms with Gasteiger partial charge in [-0.3, -0.25) is 14.8 Å². The van der Waals surface area contributed by atoms with E-state index in [1.165, 1.54) is 0 Å². The molecule has 0 saturated carbocycles. The highest BCUT2D eigenvalue weighted by atomic mass is 16.1. The molecule has 1 unspecified atom stereocenters. The Hall–Kier alpha value is -2.03. The van der Waals surface area contributed by atoms with E-state index in [4.69, 9.17) is 0 Å². The van der Waals surface area contributed by atoms with Crippen LogP contribution in [0, 0.1) is 5.92 Å². The van der Waals surface area contributed by atoms with Crippen LogP contribution in [0.2, 0.25) is 0 Å². The van der Waals surface area contributed by atoms with Gasteiger partial charge in [-0.1, -0.05) is 57.9 Å². The Kier molecular flexibility index (Phi) is 5.82. The Morgan fingerprint density at radius 1 is 1.09 bits per heavy atom. The minimum absolute atomic E-state index is 0.0403. The summed E-state index contributed by atoms with van der Waals surface area (Å²) in [6.07, 6.45) is 7.51. The minimum Gasteiger partial charge on any atom is -0.294 e. The number of ketones is 1. The fourth-order valence-electron chi connectivity index (χ4n) is 2.63. The molecular formula is C19H24N2O. The van der Waals surface area contributed by atoms with Crippen molar-refractivity contribution in [1.29, 1.82) is 0 Å². The summed E-state index contributed by atoms with van der Waals surface area (Å²) in [5.74, 6) is 0.232. The molecule has 2 rings (SSSR count). The van der Waals surface area contributed by atoms with Gasteiger partial charge in [-0.15, -0.1) is 0 Å². The maximum atomic E-state index is 12.6. The van der Waals surface area contributed by atoms with E-state index in [1.54, 1.807) is 6.20 Å². The lowest BCUT2D eigenvalue weighted by atomic mass is 9.91. The number of Topliss-reactive ketones (excluding diaryl/α,β-unsaturated/α-hetero) is 1. The van der Waals surface area contributed by atoms with Crippen LogP contribution in [-0.4, -0.2) is 15.8 Å². The van der Waals surface area contributed by atoms with Crippen molar-refractivity contribution in [3.8, 4) is 11.3 Å². The number of rotatable bonds is 7. The summed E-state index contributed by atoms with van der Waals surface area (Å²) in [5.41, 5.74) is 3.40. The first-order valence-corrected chi connectivity index (χ1v) is 8.11. The third-order valence-electron chi connectivity index (χ3n) is 3.85. The van der Waals surface area contributed by atoms with E-state index in [1.807, 2.05) is 37.4 Å². The number of aryl methyl sites for hydroxylation is 1. The van der Waals surface area contributed by atoms with Crippen LogP contribution in [0.5, 0.6) is 0 Å². The van der Waals surface area contributed by atoms with Crippen LogP contribution >= 0.6 is 0 Å². The van der Waals surface area contributed by atoms with Crippen molar-refractivity contribution in [3.05, 3.63) is 47.9 Å². The Labute approximate surface area is 132 Å². The van der Waals surface area contributed by atoms with Gasteiger partial charge in [0.05, 0.1) is 17.6 Å². The summed E-state index contributed by atoms with van der Waals surface area (Å²) < 4.78 is 0. The van der Waals surface area contributed by atoms with E-state index in [0.29, 0.717) is 0 Å². The molecule has 2 aromatic rings. The topological polar surface area (TPSA) is 42.9 Å². The largest absolute Gasteiger partial charge is 0.294 e. The lowest BCUT2D eigenvalue weighted by molar-refractivity contribution is 0.0924. The fraction of sp³-hybridized carbons (Fsp3) is 0.421. The predicted molar refractivity (Wildman–Crippen MR) is 89.9 cm³/mol. The standard InChI is InChI=1S/C19H24N2O/c1-4-8-14(3)19(22)17-11-7-6-10-16(17)18-13-20-15(9-5-2)12-21-18/h6-7,10-14H,4-5,8-9H2,1-3H3. The van der Waals surface area contributed by atoms with Crippen molar-refractivity contribution in [2.24, 2.45) is 5.92 Å². The number of carbonyl (C=O) groups excluding carboxylic acids is 1. The first kappa shape index (κ1) is 16.3. The summed E-state index contributed by atoms with van der Waals surface area (Å²) in [6.45, 7) is 6.23. The van der Waals surface area contributed by atoms with Crippen molar-refractivity contribution >= 4 is 5.78 Å². The first-order valence-electron chi connectivity index (χ1n) is 8.11. The fourth-order valence-corrected chi connectivity index (χ4v) is 2.63. The SMILES string of the molecule is CCCc1cnc(-c2ccccc2C(=O)C(C)CCC)cn1. The molecule has 0 saturated heterocycles. The number of hydrogen-bond donors (Lipinski definition) is 0. The molecule has 22 heavy (non-hydrogen) atoms. The van der Waals surface area contributed by atoms with Gasteiger partial charge < -0.3 is 0 Å². The van der Waals surface area contributed by atoms with Crippen LogP contribution in [0.25, 0.3) is 11.3 Å². The monoisotopic (exact) mass is 296 g/mol. The van der Waals surface area contributed by atoms with E-state index in [-0.39, 0.29) is 11.7 Å². The highest BCUT2D eigenvalue weighted by Gasteiger charge is 2.18. The van der Waals surface area contributed by atoms with Gasteiger partial charge in [0.2, 0.25) is 0 Å². The smallest absolute Gasteiger partial charge is 0.166 e. The normalized spacial score (nSPS) is 12.1. The van der Waals surface area contributed by atoms with Crippen LogP contribution in [0.3, 0.4) is 0 Å². The number of carbonyl (C=O) groups is 1. The molecule has 0 aliphatic rings. The lowest BCUT2D eigenvalue weighted by Gasteiger charge is -2.13. The zero-order chi connectivity index (χ0) is 15.9. The van der Waals surface area contributed by atoms with Crippen LogP contribution in [0.1, 0.15) is 56.1 Å². The molecule has 0 spiro atoms. The van der Waals surface area contributed by atoms with Crippen LogP contribution in [0.4, 0.5) is 0 Å². The number of benzene rings is 1. The Bertz CT molecular complexity index is 620. The van der Waals surface area contributed by atoms with Gasteiger partial charge in [-0.2, -0.15) is 0 Å². The Morgan fingerprint density at radius 3 is 2.50 bits per heavy atom. The molecule has 0 fully saturated rings. The first-order chi connectivity index (χ1) is 10.7. The Morgan fingerprint density at radius 2 is 1.86 bits per heavy atom. The second-order valence-corrected chi connectivity index (χ2v) is 5.74. The molecule has 116 valence electrons. The van der Waals surface area contributed by atoms with E-state index in [0.717, 1.165) is 48.2 Å². The molecule has 0 radical (unpaired) electrons. The lowest BCUT2D eigenvalue weighted by Crippen LogP contribution is -2.12. The van der Waals surface area contributed by atoms with Crippen LogP contribution < -0.4 is 0 Å². The van der Waals surface area contributed by atoms with E-state index >= 15 is 0 Å². The molecule has 1 aromatic carbocycles. The van der Waals surface area contributed by atoms with Crippen LogP contribution in [-0.2, 0) is 6.42 Å². The quantitative estimate of drug-likeness (QED) is 0.695. The summed E-state index contributed by atoms with van der Waals surface area (Å²) >= 11 is 0. The molecule has 1 atom stereocenters. The van der Waals surface area contributed by atoms with Crippen molar-refractivity contribution < 1.29 is 4.79 Å². The van der Waals surface area contributed by atoms with Gasteiger partial charge in [-0.05, 0) is 12.8 Å². The summed E-state index contributed by atoms with van der Waals surface area (Å²) in [7, 11) is 0. The van der Waals surface area contributed by atoms with Gasteiger partial charge in [0.1, 0.15) is 0 Å². The molecule has 0 aliphatic heterocycles. The summed E-state index contributed by atoms with van der Waals surface area (Å²) in [6, 6.07) is 7.70. The molecule has 0 bridgehead atoms. The molecular weight excluding hydrogens is 272 g/mol. The molecule has 0 amide bonds. The maximum absolute atomic E-state index is 12.6. The minimum atomic E-state index is 0.0403. The van der Waals surface area contributed by atoms with E-state index in [2.05, 4.69) is 23.8 Å². The average molecular weight is 296 g/mol. The summed E-state index contributed by atoms with van der Waals surface area (Å²) in [5, 5.41) is 0. The van der Waals surface area contributed by atoms with E-state index < -0.39 is 0 Å². The van der Waals surface area contributed by atoms with Gasteiger partial charge in [0.25, 0.3) is 0 Å². The molecule has 0 aliphatic carbocycles. The van der Waals surface area contributed by atoms with Gasteiger partial charge in [0.15, 0.2) is 5.78 Å². The maximum Gasteiger partial charge on any atom is 0.166 e. The zero-order valence-electron chi connectivity index (χ0n) is 13.7. The highest BCUT2D eigenvalue weighted by Crippen LogP contribution is 2.25. The predicted octanol–water partition coefficient (Wildman–Crippen LogP) is 4.72. The summed E-state index contributed by atoms with van der Waals surface area (Å²) in [4.78, 5) is 21.6. The van der Waals surface area contributed by atoms with Crippen molar-refractivity contribution in [2.75, 3.05) is 0 Å². The van der Waals surface area contributed by atoms with Crippen molar-refractivity contribution in [1.82, 2.24) is 9.97 Å². The second-order valence-electron chi connectivity index (χ2n) is 5.74. The van der Waals surface area contributed by atoms with Crippen LogP contribution in [0.15, 0.2) is 36.7 Å². The third-order valence-corrected chi connectivity index (χ3v) is 3.85. The molecule has 3 nitrogen and oxygen atoms in total. The highest BCUT2D eigenvalue weighted by molar-refractivity contribution is 6.03.